The summed E-state index contributed by atoms with van der Waals surface area (Å²) in [7, 11) is 1.75. The predicted molar refractivity (Wildman–Crippen MR) is 51.9 cm³/mol. The zero-order chi connectivity index (χ0) is 11.0. The van der Waals surface area contributed by atoms with Crippen LogP contribution in [-0.2, 0) is 7.05 Å². The maximum absolute atomic E-state index is 11.3. The number of aromatic carboxylic acids is 1. The van der Waals surface area contributed by atoms with Crippen molar-refractivity contribution in [3.8, 4) is 0 Å². The van der Waals surface area contributed by atoms with Crippen molar-refractivity contribution in [3.63, 3.8) is 0 Å². The molecule has 0 unspecified atom stereocenters. The number of carbonyl (C=O) groups is 2. The van der Waals surface area contributed by atoms with Gasteiger partial charge in [0.05, 0.1) is 11.1 Å². The first kappa shape index (κ1) is 10.5. The minimum Gasteiger partial charge on any atom is -0.478 e. The van der Waals surface area contributed by atoms with E-state index in [4.69, 9.17) is 5.11 Å². The molecule has 1 aromatic rings. The molecule has 0 atom stereocenters. The summed E-state index contributed by atoms with van der Waals surface area (Å²) in [5, 5.41) is 8.97. The standard InChI is InChI=1S/C10H13NO3/c1-5-8(7(3)12)9(10(13)14)6(2)11(5)4/h1-4H3,(H,13,14). The summed E-state index contributed by atoms with van der Waals surface area (Å²) in [5.41, 5.74) is 1.75. The third-order valence-corrected chi connectivity index (χ3v) is 2.55. The number of carboxylic acid groups (broad SMARTS) is 1. The molecule has 1 rings (SSSR count). The number of carbonyl (C=O) groups excluding carboxylic acids is 1. The second kappa shape index (κ2) is 3.29. The van der Waals surface area contributed by atoms with Gasteiger partial charge in [-0.05, 0) is 20.8 Å². The molecule has 1 heterocycles. The Hall–Kier alpha value is -1.58. The first-order valence-electron chi connectivity index (χ1n) is 4.28. The van der Waals surface area contributed by atoms with Crippen molar-refractivity contribution in [3.05, 3.63) is 22.5 Å². The average Bonchev–Trinajstić information content (AvgIpc) is 2.29. The summed E-state index contributed by atoms with van der Waals surface area (Å²) in [4.78, 5) is 22.2. The van der Waals surface area contributed by atoms with Gasteiger partial charge in [0.15, 0.2) is 5.78 Å². The van der Waals surface area contributed by atoms with Gasteiger partial charge in [0.2, 0.25) is 0 Å². The van der Waals surface area contributed by atoms with Crippen molar-refractivity contribution in [1.29, 1.82) is 0 Å². The lowest BCUT2D eigenvalue weighted by Crippen LogP contribution is -2.05. The molecule has 0 bridgehead atoms. The van der Waals surface area contributed by atoms with Gasteiger partial charge in [-0.25, -0.2) is 4.79 Å². The normalized spacial score (nSPS) is 10.3. The minimum atomic E-state index is -1.04. The maximum Gasteiger partial charge on any atom is 0.338 e. The minimum absolute atomic E-state index is 0.123. The number of carboxylic acids is 1. The number of rotatable bonds is 2. The Labute approximate surface area is 82.2 Å². The van der Waals surface area contributed by atoms with Crippen molar-refractivity contribution < 1.29 is 14.7 Å². The van der Waals surface area contributed by atoms with Crippen LogP contribution in [0.5, 0.6) is 0 Å². The van der Waals surface area contributed by atoms with Crippen molar-refractivity contribution in [2.24, 2.45) is 7.05 Å². The Morgan fingerprint density at radius 3 is 1.86 bits per heavy atom. The summed E-state index contributed by atoms with van der Waals surface area (Å²) in [5.74, 6) is -1.25. The molecular formula is C10H13NO3. The van der Waals surface area contributed by atoms with Gasteiger partial charge in [0, 0.05) is 18.4 Å². The van der Waals surface area contributed by atoms with E-state index < -0.39 is 5.97 Å². The summed E-state index contributed by atoms with van der Waals surface area (Å²) < 4.78 is 1.72. The molecule has 0 aromatic carbocycles. The van der Waals surface area contributed by atoms with E-state index in [1.54, 1.807) is 25.5 Å². The summed E-state index contributed by atoms with van der Waals surface area (Å²) in [6, 6.07) is 0. The zero-order valence-electron chi connectivity index (χ0n) is 8.71. The highest BCUT2D eigenvalue weighted by molar-refractivity contribution is 6.06. The molecule has 0 aliphatic heterocycles. The molecule has 0 spiro atoms. The fourth-order valence-electron chi connectivity index (χ4n) is 1.64. The number of ketones is 1. The lowest BCUT2D eigenvalue weighted by molar-refractivity contribution is 0.0691. The molecule has 14 heavy (non-hydrogen) atoms. The highest BCUT2D eigenvalue weighted by Crippen LogP contribution is 2.21. The molecule has 1 N–H and O–H groups in total. The van der Waals surface area contributed by atoms with E-state index >= 15 is 0 Å². The number of hydrogen-bond acceptors (Lipinski definition) is 2. The first-order chi connectivity index (χ1) is 6.37. The number of Topliss-reactive ketones (excluding diaryl/α,β-unsaturated/α-hetero) is 1. The van der Waals surface area contributed by atoms with Crippen molar-refractivity contribution in [1.82, 2.24) is 4.57 Å². The number of nitrogens with zero attached hydrogens (tertiary/aromatic N) is 1. The van der Waals surface area contributed by atoms with Crippen LogP contribution in [0.25, 0.3) is 0 Å². The Morgan fingerprint density at radius 1 is 1.14 bits per heavy atom. The molecule has 76 valence electrons. The average molecular weight is 195 g/mol. The van der Waals surface area contributed by atoms with Gasteiger partial charge in [-0.2, -0.15) is 0 Å². The van der Waals surface area contributed by atoms with Gasteiger partial charge >= 0.3 is 5.97 Å². The van der Waals surface area contributed by atoms with Gasteiger partial charge in [-0.3, -0.25) is 4.79 Å². The lowest BCUT2D eigenvalue weighted by atomic mass is 10.1. The molecule has 4 nitrogen and oxygen atoms in total. The Balaban J connectivity index is 3.62. The quantitative estimate of drug-likeness (QED) is 0.728. The summed E-state index contributed by atoms with van der Waals surface area (Å²) in [6.45, 7) is 4.83. The highest BCUT2D eigenvalue weighted by atomic mass is 16.4. The van der Waals surface area contributed by atoms with Crippen LogP contribution in [0.3, 0.4) is 0 Å². The summed E-state index contributed by atoms with van der Waals surface area (Å²) >= 11 is 0. The van der Waals surface area contributed by atoms with Gasteiger partial charge < -0.3 is 9.67 Å². The van der Waals surface area contributed by atoms with E-state index in [0.717, 1.165) is 0 Å². The Kier molecular flexibility index (Phi) is 2.47. The van der Waals surface area contributed by atoms with Crippen LogP contribution in [0.15, 0.2) is 0 Å². The molecule has 0 radical (unpaired) electrons. The lowest BCUT2D eigenvalue weighted by Gasteiger charge is -1.98. The third-order valence-electron chi connectivity index (χ3n) is 2.55. The van der Waals surface area contributed by atoms with Crippen LogP contribution < -0.4 is 0 Å². The van der Waals surface area contributed by atoms with Crippen molar-refractivity contribution in [2.75, 3.05) is 0 Å². The monoisotopic (exact) mass is 195 g/mol. The number of aromatic nitrogens is 1. The van der Waals surface area contributed by atoms with E-state index in [9.17, 15) is 9.59 Å². The molecule has 0 aliphatic rings. The van der Waals surface area contributed by atoms with Crippen LogP contribution in [0, 0.1) is 13.8 Å². The molecule has 0 aliphatic carbocycles. The zero-order valence-corrected chi connectivity index (χ0v) is 8.71. The molecule has 0 saturated heterocycles. The van der Waals surface area contributed by atoms with E-state index in [1.807, 2.05) is 0 Å². The van der Waals surface area contributed by atoms with Gasteiger partial charge in [0.1, 0.15) is 0 Å². The second-order valence-electron chi connectivity index (χ2n) is 3.34. The third kappa shape index (κ3) is 1.32. The fraction of sp³-hybridized carbons (Fsp3) is 0.400. The van der Waals surface area contributed by atoms with Crippen LogP contribution >= 0.6 is 0 Å². The predicted octanol–water partition coefficient (Wildman–Crippen LogP) is 1.54. The largest absolute Gasteiger partial charge is 0.478 e. The topological polar surface area (TPSA) is 59.3 Å². The van der Waals surface area contributed by atoms with Crippen molar-refractivity contribution in [2.45, 2.75) is 20.8 Å². The molecule has 1 aromatic heterocycles. The smallest absolute Gasteiger partial charge is 0.338 e. The van der Waals surface area contributed by atoms with E-state index in [0.29, 0.717) is 17.0 Å². The van der Waals surface area contributed by atoms with Gasteiger partial charge in [-0.1, -0.05) is 0 Å². The molecule has 0 amide bonds. The molecule has 0 fully saturated rings. The molecule has 0 saturated carbocycles. The molecular weight excluding hydrogens is 182 g/mol. The van der Waals surface area contributed by atoms with Gasteiger partial charge in [-0.15, -0.1) is 0 Å². The second-order valence-corrected chi connectivity index (χ2v) is 3.34. The Bertz CT molecular complexity index is 378. The van der Waals surface area contributed by atoms with E-state index in [2.05, 4.69) is 0 Å². The van der Waals surface area contributed by atoms with E-state index in [-0.39, 0.29) is 11.3 Å². The van der Waals surface area contributed by atoms with E-state index in [1.165, 1.54) is 6.92 Å². The van der Waals surface area contributed by atoms with Crippen LogP contribution in [-0.4, -0.2) is 21.4 Å². The number of hydrogen-bond donors (Lipinski definition) is 1. The first-order valence-corrected chi connectivity index (χ1v) is 4.28. The highest BCUT2D eigenvalue weighted by Gasteiger charge is 2.23. The van der Waals surface area contributed by atoms with Crippen molar-refractivity contribution >= 4 is 11.8 Å². The maximum atomic E-state index is 11.3. The Morgan fingerprint density at radius 2 is 1.57 bits per heavy atom. The summed E-state index contributed by atoms with van der Waals surface area (Å²) in [6.07, 6.45) is 0. The van der Waals surface area contributed by atoms with Crippen LogP contribution in [0.2, 0.25) is 0 Å². The fourth-order valence-corrected chi connectivity index (χ4v) is 1.64. The van der Waals surface area contributed by atoms with Crippen LogP contribution in [0.1, 0.15) is 39.0 Å². The molecule has 4 heteroatoms. The van der Waals surface area contributed by atoms with Crippen LogP contribution in [0.4, 0.5) is 0 Å². The SMILES string of the molecule is CC(=O)c1c(C(=O)O)c(C)n(C)c1C. The van der Waals surface area contributed by atoms with Gasteiger partial charge in [0.25, 0.3) is 0 Å².